The maximum absolute atomic E-state index is 11.8. The highest BCUT2D eigenvalue weighted by atomic mass is 16.5. The number of ether oxygens (including phenoxy) is 1. The van der Waals surface area contributed by atoms with Crippen molar-refractivity contribution in [3.63, 3.8) is 0 Å². The standard InChI is InChI=1S/C14H22N2O5/c1-8(9(2)12(18)19)11(17)16-13(20)15-10-5-6-21-14(3,4)7-10/h10H,5-7H2,1-4H3,(H,18,19)(H2,15,16,17,20). The second-order valence-corrected chi connectivity index (χ2v) is 5.78. The van der Waals surface area contributed by atoms with Gasteiger partial charge in [-0.25, -0.2) is 9.59 Å². The lowest BCUT2D eigenvalue weighted by molar-refractivity contribution is -0.133. The Morgan fingerprint density at radius 2 is 1.81 bits per heavy atom. The van der Waals surface area contributed by atoms with Crippen molar-refractivity contribution in [1.29, 1.82) is 0 Å². The van der Waals surface area contributed by atoms with Gasteiger partial charge in [-0.3, -0.25) is 10.1 Å². The number of carbonyl (C=O) groups is 3. The fraction of sp³-hybridized carbons (Fsp3) is 0.643. The van der Waals surface area contributed by atoms with Gasteiger partial charge in [-0.05, 0) is 40.5 Å². The molecule has 1 heterocycles. The number of hydrogen-bond acceptors (Lipinski definition) is 4. The highest BCUT2D eigenvalue weighted by Gasteiger charge is 2.30. The molecule has 0 radical (unpaired) electrons. The molecule has 7 heteroatoms. The van der Waals surface area contributed by atoms with E-state index in [-0.39, 0.29) is 22.8 Å². The van der Waals surface area contributed by atoms with E-state index in [4.69, 9.17) is 9.84 Å². The van der Waals surface area contributed by atoms with Gasteiger partial charge in [0.05, 0.1) is 5.60 Å². The van der Waals surface area contributed by atoms with Crippen LogP contribution in [0, 0.1) is 0 Å². The summed E-state index contributed by atoms with van der Waals surface area (Å²) >= 11 is 0. The number of carboxylic acid groups (broad SMARTS) is 1. The van der Waals surface area contributed by atoms with Crippen LogP contribution < -0.4 is 10.6 Å². The van der Waals surface area contributed by atoms with Crippen molar-refractivity contribution in [2.24, 2.45) is 0 Å². The number of urea groups is 1. The van der Waals surface area contributed by atoms with E-state index >= 15 is 0 Å². The molecule has 1 aliphatic rings. The summed E-state index contributed by atoms with van der Waals surface area (Å²) in [5, 5.41) is 13.6. The summed E-state index contributed by atoms with van der Waals surface area (Å²) in [6, 6.07) is -0.702. The lowest BCUT2D eigenvalue weighted by Crippen LogP contribution is -2.50. The molecule has 0 spiro atoms. The highest BCUT2D eigenvalue weighted by Crippen LogP contribution is 2.23. The topological polar surface area (TPSA) is 105 Å². The molecule has 1 unspecified atom stereocenters. The van der Waals surface area contributed by atoms with Gasteiger partial charge < -0.3 is 15.2 Å². The molecule has 0 aliphatic carbocycles. The Morgan fingerprint density at radius 3 is 2.33 bits per heavy atom. The van der Waals surface area contributed by atoms with Crippen LogP contribution in [0.3, 0.4) is 0 Å². The molecule has 3 N–H and O–H groups in total. The molecular formula is C14H22N2O5. The average Bonchev–Trinajstić information content (AvgIpc) is 2.35. The SMILES string of the molecule is CC(C(=O)O)=C(C)C(=O)NC(=O)NC1CCOC(C)(C)C1. The minimum absolute atomic E-state index is 0.00459. The van der Waals surface area contributed by atoms with E-state index in [2.05, 4.69) is 10.6 Å². The molecule has 21 heavy (non-hydrogen) atoms. The van der Waals surface area contributed by atoms with Gasteiger partial charge in [-0.2, -0.15) is 0 Å². The van der Waals surface area contributed by atoms with E-state index in [0.717, 1.165) is 0 Å². The van der Waals surface area contributed by atoms with Gasteiger partial charge in [0.2, 0.25) is 0 Å². The van der Waals surface area contributed by atoms with Gasteiger partial charge in [0, 0.05) is 23.8 Å². The Kier molecular flexibility index (Phi) is 5.48. The maximum atomic E-state index is 11.8. The third-order valence-electron chi connectivity index (χ3n) is 3.48. The normalized spacial score (nSPS) is 22.0. The van der Waals surface area contributed by atoms with Crippen LogP contribution in [-0.2, 0) is 14.3 Å². The van der Waals surface area contributed by atoms with Crippen LogP contribution in [-0.4, -0.2) is 41.3 Å². The van der Waals surface area contributed by atoms with Crippen molar-refractivity contribution in [2.75, 3.05) is 6.61 Å². The lowest BCUT2D eigenvalue weighted by Gasteiger charge is -2.35. The van der Waals surface area contributed by atoms with Gasteiger partial charge in [-0.1, -0.05) is 0 Å². The predicted octanol–water partition coefficient (Wildman–Crippen LogP) is 1.19. The van der Waals surface area contributed by atoms with Gasteiger partial charge in [0.1, 0.15) is 0 Å². The van der Waals surface area contributed by atoms with Gasteiger partial charge >= 0.3 is 12.0 Å². The molecule has 1 aliphatic heterocycles. The van der Waals surface area contributed by atoms with Crippen LogP contribution in [0.15, 0.2) is 11.1 Å². The largest absolute Gasteiger partial charge is 0.478 e. The smallest absolute Gasteiger partial charge is 0.331 e. The number of imide groups is 1. The predicted molar refractivity (Wildman–Crippen MR) is 75.7 cm³/mol. The third kappa shape index (κ3) is 5.18. The van der Waals surface area contributed by atoms with E-state index in [1.54, 1.807) is 0 Å². The number of aliphatic carboxylic acids is 1. The molecule has 1 saturated heterocycles. The summed E-state index contributed by atoms with van der Waals surface area (Å²) in [5.41, 5.74) is -0.395. The summed E-state index contributed by atoms with van der Waals surface area (Å²) < 4.78 is 5.54. The van der Waals surface area contributed by atoms with Crippen molar-refractivity contribution in [3.8, 4) is 0 Å². The highest BCUT2D eigenvalue weighted by molar-refractivity contribution is 6.07. The maximum Gasteiger partial charge on any atom is 0.331 e. The fourth-order valence-electron chi connectivity index (χ4n) is 2.10. The molecule has 7 nitrogen and oxygen atoms in total. The summed E-state index contributed by atoms with van der Waals surface area (Å²) in [7, 11) is 0. The van der Waals surface area contributed by atoms with Gasteiger partial charge in [0.15, 0.2) is 0 Å². The lowest BCUT2D eigenvalue weighted by atomic mass is 9.94. The molecule has 3 amide bonds. The molecule has 0 aromatic heterocycles. The summed E-state index contributed by atoms with van der Waals surface area (Å²) in [6.45, 7) is 7.10. The van der Waals surface area contributed by atoms with Crippen LogP contribution in [0.25, 0.3) is 0 Å². The molecule has 1 atom stereocenters. The Morgan fingerprint density at radius 1 is 1.19 bits per heavy atom. The number of rotatable bonds is 3. The Bertz CT molecular complexity index is 482. The van der Waals surface area contributed by atoms with Crippen LogP contribution in [0.2, 0.25) is 0 Å². The second kappa shape index (κ2) is 6.71. The zero-order valence-corrected chi connectivity index (χ0v) is 12.8. The first-order chi connectivity index (χ1) is 9.62. The summed E-state index contributed by atoms with van der Waals surface area (Å²) in [6.07, 6.45) is 1.33. The molecule has 0 aromatic rings. The number of carboxylic acids is 1. The monoisotopic (exact) mass is 298 g/mol. The third-order valence-corrected chi connectivity index (χ3v) is 3.48. The first kappa shape index (κ1) is 17.2. The summed E-state index contributed by atoms with van der Waals surface area (Å²) in [5.74, 6) is -1.90. The number of nitrogens with one attached hydrogen (secondary N) is 2. The number of amides is 3. The Labute approximate surface area is 123 Å². The molecule has 1 rings (SSSR count). The van der Waals surface area contributed by atoms with Gasteiger partial charge in [0.25, 0.3) is 5.91 Å². The number of hydrogen-bond donors (Lipinski definition) is 3. The molecule has 0 saturated carbocycles. The summed E-state index contributed by atoms with van der Waals surface area (Å²) in [4.78, 5) is 34.3. The van der Waals surface area contributed by atoms with Crippen LogP contribution in [0.1, 0.15) is 40.5 Å². The zero-order chi connectivity index (χ0) is 16.2. The van der Waals surface area contributed by atoms with Crippen molar-refractivity contribution in [3.05, 3.63) is 11.1 Å². The minimum Gasteiger partial charge on any atom is -0.478 e. The Balaban J connectivity index is 2.56. The van der Waals surface area contributed by atoms with E-state index in [9.17, 15) is 14.4 Å². The molecule has 0 aromatic carbocycles. The van der Waals surface area contributed by atoms with Crippen LogP contribution in [0.5, 0.6) is 0 Å². The van der Waals surface area contributed by atoms with Crippen molar-refractivity contribution < 1.29 is 24.2 Å². The molecular weight excluding hydrogens is 276 g/mol. The van der Waals surface area contributed by atoms with Crippen LogP contribution in [0.4, 0.5) is 4.79 Å². The van der Waals surface area contributed by atoms with Crippen molar-refractivity contribution >= 4 is 17.9 Å². The fourth-order valence-corrected chi connectivity index (χ4v) is 2.10. The van der Waals surface area contributed by atoms with Crippen molar-refractivity contribution in [1.82, 2.24) is 10.6 Å². The zero-order valence-electron chi connectivity index (χ0n) is 12.8. The van der Waals surface area contributed by atoms with Gasteiger partial charge in [-0.15, -0.1) is 0 Å². The molecule has 118 valence electrons. The quantitative estimate of drug-likeness (QED) is 0.679. The second-order valence-electron chi connectivity index (χ2n) is 5.78. The van der Waals surface area contributed by atoms with E-state index in [1.165, 1.54) is 13.8 Å². The molecule has 0 bridgehead atoms. The first-order valence-electron chi connectivity index (χ1n) is 6.79. The van der Waals surface area contributed by atoms with E-state index in [1.807, 2.05) is 13.8 Å². The first-order valence-corrected chi connectivity index (χ1v) is 6.79. The van der Waals surface area contributed by atoms with E-state index in [0.29, 0.717) is 19.4 Å². The van der Waals surface area contributed by atoms with E-state index < -0.39 is 17.9 Å². The van der Waals surface area contributed by atoms with Crippen molar-refractivity contribution in [2.45, 2.75) is 52.2 Å². The number of carbonyl (C=O) groups excluding carboxylic acids is 2. The Hall–Kier alpha value is -1.89. The average molecular weight is 298 g/mol. The molecule has 1 fully saturated rings. The van der Waals surface area contributed by atoms with Crippen LogP contribution >= 0.6 is 0 Å². The minimum atomic E-state index is -1.19.